The number of thiazole rings is 1. The third-order valence-electron chi connectivity index (χ3n) is 4.31. The number of aryl methyl sites for hydroxylation is 1. The summed E-state index contributed by atoms with van der Waals surface area (Å²) in [5, 5.41) is 14.6. The van der Waals surface area contributed by atoms with Crippen molar-refractivity contribution in [1.82, 2.24) is 15.0 Å². The Morgan fingerprint density at radius 2 is 2.08 bits per heavy atom. The predicted molar refractivity (Wildman–Crippen MR) is 102 cm³/mol. The minimum absolute atomic E-state index is 0.205. The van der Waals surface area contributed by atoms with E-state index in [2.05, 4.69) is 25.2 Å². The van der Waals surface area contributed by atoms with Crippen LogP contribution in [0.1, 0.15) is 17.8 Å². The van der Waals surface area contributed by atoms with Gasteiger partial charge in [-0.05, 0) is 31.9 Å². The van der Waals surface area contributed by atoms with E-state index in [0.29, 0.717) is 10.8 Å². The van der Waals surface area contributed by atoms with E-state index in [4.69, 9.17) is 11.6 Å². The molecule has 6 nitrogen and oxygen atoms in total. The second kappa shape index (κ2) is 6.74. The zero-order valence-corrected chi connectivity index (χ0v) is 15.3. The largest absolute Gasteiger partial charge is 0.393 e. The van der Waals surface area contributed by atoms with Crippen LogP contribution in [-0.4, -0.2) is 39.3 Å². The molecule has 1 saturated heterocycles. The summed E-state index contributed by atoms with van der Waals surface area (Å²) in [5.41, 5.74) is 1.71. The highest BCUT2D eigenvalue weighted by atomic mass is 35.5. The van der Waals surface area contributed by atoms with Crippen LogP contribution < -0.4 is 10.2 Å². The molecule has 0 saturated carbocycles. The van der Waals surface area contributed by atoms with E-state index in [9.17, 15) is 5.11 Å². The maximum Gasteiger partial charge on any atom is 0.135 e. The highest BCUT2D eigenvalue weighted by Crippen LogP contribution is 2.36. The number of hydrogen-bond donors (Lipinski definition) is 2. The molecule has 0 radical (unpaired) electrons. The van der Waals surface area contributed by atoms with Crippen molar-refractivity contribution in [3.8, 4) is 0 Å². The van der Waals surface area contributed by atoms with Crippen molar-refractivity contribution in [3.63, 3.8) is 0 Å². The molecule has 0 atom stereocenters. The molecule has 130 valence electrons. The Balaban J connectivity index is 1.59. The Morgan fingerprint density at radius 1 is 1.28 bits per heavy atom. The van der Waals surface area contributed by atoms with Gasteiger partial charge in [-0.15, -0.1) is 11.3 Å². The van der Waals surface area contributed by atoms with Crippen LogP contribution >= 0.6 is 22.9 Å². The minimum atomic E-state index is -0.205. The molecule has 0 spiro atoms. The number of nitrogens with zero attached hydrogens (tertiary/aromatic N) is 4. The van der Waals surface area contributed by atoms with Gasteiger partial charge in [0.05, 0.1) is 32.0 Å². The molecule has 1 aliphatic heterocycles. The van der Waals surface area contributed by atoms with Crippen LogP contribution in [0.3, 0.4) is 0 Å². The molecule has 1 aliphatic rings. The van der Waals surface area contributed by atoms with Gasteiger partial charge in [0, 0.05) is 19.2 Å². The van der Waals surface area contributed by atoms with E-state index in [0.717, 1.165) is 52.7 Å². The van der Waals surface area contributed by atoms with Gasteiger partial charge in [0.25, 0.3) is 0 Å². The molecule has 1 fully saturated rings. The summed E-state index contributed by atoms with van der Waals surface area (Å²) in [6.45, 7) is 3.56. The van der Waals surface area contributed by atoms with Crippen LogP contribution in [-0.2, 0) is 0 Å². The van der Waals surface area contributed by atoms with E-state index in [1.807, 2.05) is 25.1 Å². The zero-order chi connectivity index (χ0) is 17.4. The zero-order valence-electron chi connectivity index (χ0n) is 13.7. The van der Waals surface area contributed by atoms with Gasteiger partial charge in [0.15, 0.2) is 0 Å². The van der Waals surface area contributed by atoms with Crippen LogP contribution in [0.15, 0.2) is 24.5 Å². The van der Waals surface area contributed by atoms with Crippen molar-refractivity contribution < 1.29 is 5.11 Å². The Morgan fingerprint density at radius 3 is 2.88 bits per heavy atom. The maximum atomic E-state index is 9.65. The lowest BCUT2D eigenvalue weighted by Crippen LogP contribution is -2.36. The summed E-state index contributed by atoms with van der Waals surface area (Å²) in [7, 11) is 0. The smallest absolute Gasteiger partial charge is 0.135 e. The number of anilines is 3. The van der Waals surface area contributed by atoms with Crippen molar-refractivity contribution >= 4 is 50.5 Å². The lowest BCUT2D eigenvalue weighted by Gasteiger charge is -2.30. The number of aliphatic hydroxyl groups excluding tert-OH is 1. The number of fused-ring (bicyclic) bond motifs is 1. The Labute approximate surface area is 154 Å². The average molecular weight is 376 g/mol. The second-order valence-corrected chi connectivity index (χ2v) is 7.69. The van der Waals surface area contributed by atoms with Crippen LogP contribution in [0.2, 0.25) is 5.02 Å². The van der Waals surface area contributed by atoms with Crippen molar-refractivity contribution in [2.24, 2.45) is 0 Å². The molecule has 4 rings (SSSR count). The summed E-state index contributed by atoms with van der Waals surface area (Å²) in [5.74, 6) is 1.55. The van der Waals surface area contributed by atoms with E-state index >= 15 is 0 Å². The number of aromatic nitrogens is 3. The van der Waals surface area contributed by atoms with E-state index in [-0.39, 0.29) is 6.10 Å². The van der Waals surface area contributed by atoms with Gasteiger partial charge in [-0.2, -0.15) is 0 Å². The Bertz CT molecular complexity index is 907. The predicted octanol–water partition coefficient (Wildman–Crippen LogP) is 3.75. The molecular weight excluding hydrogens is 358 g/mol. The fourth-order valence-electron chi connectivity index (χ4n) is 2.99. The van der Waals surface area contributed by atoms with Gasteiger partial charge in [-0.3, -0.25) is 0 Å². The van der Waals surface area contributed by atoms with Gasteiger partial charge >= 0.3 is 0 Å². The first-order valence-corrected chi connectivity index (χ1v) is 9.37. The third kappa shape index (κ3) is 3.40. The number of piperidine rings is 1. The summed E-state index contributed by atoms with van der Waals surface area (Å²) >= 11 is 8.12. The first-order chi connectivity index (χ1) is 12.1. The summed E-state index contributed by atoms with van der Waals surface area (Å²) in [4.78, 5) is 15.3. The number of aliphatic hydroxyl groups is 1. The fraction of sp³-hybridized carbons (Fsp3) is 0.353. The first-order valence-electron chi connectivity index (χ1n) is 8.18. The van der Waals surface area contributed by atoms with Gasteiger partial charge in [0.1, 0.15) is 18.0 Å². The summed E-state index contributed by atoms with van der Waals surface area (Å²) in [6, 6.07) is 5.79. The van der Waals surface area contributed by atoms with Gasteiger partial charge < -0.3 is 15.3 Å². The number of hydrogen-bond acceptors (Lipinski definition) is 7. The lowest BCUT2D eigenvalue weighted by atomic mass is 10.1. The molecule has 3 heterocycles. The summed E-state index contributed by atoms with van der Waals surface area (Å²) in [6.07, 6.45) is 2.87. The Hall–Kier alpha value is -1.96. The fourth-order valence-corrected chi connectivity index (χ4v) is 4.17. The van der Waals surface area contributed by atoms with E-state index in [1.54, 1.807) is 17.7 Å². The molecule has 0 bridgehead atoms. The highest BCUT2D eigenvalue weighted by molar-refractivity contribution is 7.19. The molecule has 2 N–H and O–H groups in total. The normalized spacial score (nSPS) is 15.7. The maximum absolute atomic E-state index is 9.65. The molecule has 3 aromatic rings. The molecule has 0 unspecified atom stereocenters. The molecule has 0 amide bonds. The van der Waals surface area contributed by atoms with Crippen LogP contribution in [0, 0.1) is 6.92 Å². The number of rotatable bonds is 3. The number of nitrogens with one attached hydrogen (secondary N) is 1. The highest BCUT2D eigenvalue weighted by Gasteiger charge is 2.18. The van der Waals surface area contributed by atoms with Gasteiger partial charge in [-0.25, -0.2) is 15.0 Å². The second-order valence-electron chi connectivity index (χ2n) is 6.11. The average Bonchev–Trinajstić information content (AvgIpc) is 3.00. The van der Waals surface area contributed by atoms with Crippen LogP contribution in [0.5, 0.6) is 0 Å². The van der Waals surface area contributed by atoms with Gasteiger partial charge in [-0.1, -0.05) is 11.6 Å². The topological polar surface area (TPSA) is 74.2 Å². The molecule has 8 heteroatoms. The van der Waals surface area contributed by atoms with Crippen LogP contribution in [0.4, 0.5) is 17.3 Å². The first kappa shape index (κ1) is 16.5. The molecule has 1 aromatic carbocycles. The standard InChI is InChI=1S/C17H18ClN5OS/c1-10-21-13-3-2-12(16(18)17(13)25-10)22-14-8-15(20-9-19-14)23-6-4-11(24)5-7-23/h2-3,8-9,11,24H,4-7H2,1H3,(H,19,20,22). The summed E-state index contributed by atoms with van der Waals surface area (Å²) < 4.78 is 0.975. The van der Waals surface area contributed by atoms with Crippen molar-refractivity contribution in [1.29, 1.82) is 0 Å². The van der Waals surface area contributed by atoms with E-state index in [1.165, 1.54) is 0 Å². The SMILES string of the molecule is Cc1nc2ccc(Nc3cc(N4CCC(O)CC4)ncn3)c(Cl)c2s1. The molecule has 2 aromatic heterocycles. The molecule has 25 heavy (non-hydrogen) atoms. The Kier molecular flexibility index (Phi) is 4.45. The van der Waals surface area contributed by atoms with Crippen molar-refractivity contribution in [2.75, 3.05) is 23.3 Å². The number of benzene rings is 1. The molecular formula is C17H18ClN5OS. The van der Waals surface area contributed by atoms with Crippen molar-refractivity contribution in [3.05, 3.63) is 34.6 Å². The van der Waals surface area contributed by atoms with Gasteiger partial charge in [0.2, 0.25) is 0 Å². The lowest BCUT2D eigenvalue weighted by molar-refractivity contribution is 0.145. The monoisotopic (exact) mass is 375 g/mol. The van der Waals surface area contributed by atoms with E-state index < -0.39 is 0 Å². The molecule has 0 aliphatic carbocycles. The van der Waals surface area contributed by atoms with Crippen molar-refractivity contribution in [2.45, 2.75) is 25.9 Å². The quantitative estimate of drug-likeness (QED) is 0.726. The van der Waals surface area contributed by atoms with Crippen LogP contribution in [0.25, 0.3) is 10.2 Å². The third-order valence-corrected chi connectivity index (χ3v) is 5.82. The number of halogens is 1. The minimum Gasteiger partial charge on any atom is -0.393 e.